The maximum absolute atomic E-state index is 12.2. The zero-order valence-electron chi connectivity index (χ0n) is 18.6. The molecule has 0 unspecified atom stereocenters. The first-order valence-electron chi connectivity index (χ1n) is 11.0. The molecule has 0 aliphatic heterocycles. The molecular formula is C25H28N6O2. The Morgan fingerprint density at radius 1 is 1.27 bits per heavy atom. The van der Waals surface area contributed by atoms with E-state index in [-0.39, 0.29) is 28.5 Å². The summed E-state index contributed by atoms with van der Waals surface area (Å²) in [5, 5.41) is 22.1. The van der Waals surface area contributed by atoms with Gasteiger partial charge in [0.25, 0.3) is 5.56 Å². The van der Waals surface area contributed by atoms with Crippen molar-refractivity contribution in [2.24, 2.45) is 5.92 Å². The molecule has 2 heterocycles. The maximum Gasteiger partial charge on any atom is 0.250 e. The van der Waals surface area contributed by atoms with Gasteiger partial charge in [-0.15, -0.1) is 0 Å². The van der Waals surface area contributed by atoms with Gasteiger partial charge in [0, 0.05) is 37.0 Å². The molecule has 4 rings (SSSR count). The molecule has 0 bridgehead atoms. The van der Waals surface area contributed by atoms with E-state index in [0.717, 1.165) is 24.4 Å². The Balaban J connectivity index is 1.58. The molecule has 0 saturated heterocycles. The normalized spacial score (nSPS) is 13.8. The Kier molecular flexibility index (Phi) is 6.65. The molecule has 33 heavy (non-hydrogen) atoms. The summed E-state index contributed by atoms with van der Waals surface area (Å²) in [7, 11) is 1.87. The number of rotatable bonds is 9. The van der Waals surface area contributed by atoms with Crippen molar-refractivity contribution >= 4 is 17.3 Å². The van der Waals surface area contributed by atoms with Crippen molar-refractivity contribution in [3.05, 3.63) is 82.0 Å². The fraction of sp³-hybridized carbons (Fsp3) is 0.280. The van der Waals surface area contributed by atoms with E-state index in [1.54, 1.807) is 16.8 Å². The van der Waals surface area contributed by atoms with E-state index < -0.39 is 0 Å². The van der Waals surface area contributed by atoms with Gasteiger partial charge in [-0.05, 0) is 36.6 Å². The Morgan fingerprint density at radius 2 is 2.03 bits per heavy atom. The van der Waals surface area contributed by atoms with Crippen LogP contribution in [0, 0.1) is 11.3 Å². The number of aliphatic hydroxyl groups excluding tert-OH is 1. The number of allylic oxidation sites excluding steroid dienone is 1. The van der Waals surface area contributed by atoms with Gasteiger partial charge >= 0.3 is 0 Å². The summed E-state index contributed by atoms with van der Waals surface area (Å²) >= 11 is 0. The second-order valence-corrected chi connectivity index (χ2v) is 8.34. The highest BCUT2D eigenvalue weighted by Crippen LogP contribution is 2.32. The number of hydrogen-bond donors (Lipinski definition) is 4. The van der Waals surface area contributed by atoms with Gasteiger partial charge in [0.05, 0.1) is 17.6 Å². The minimum absolute atomic E-state index is 0.0556. The van der Waals surface area contributed by atoms with Crippen molar-refractivity contribution in [1.29, 1.82) is 5.41 Å². The molecule has 170 valence electrons. The summed E-state index contributed by atoms with van der Waals surface area (Å²) in [6.07, 6.45) is 8.06. The predicted molar refractivity (Wildman–Crippen MR) is 130 cm³/mol. The van der Waals surface area contributed by atoms with Gasteiger partial charge in [-0.2, -0.15) is 0 Å². The summed E-state index contributed by atoms with van der Waals surface area (Å²) in [6.45, 7) is 1.41. The number of anilines is 1. The Hall–Kier alpha value is -3.78. The Bertz CT molecular complexity index is 1240. The van der Waals surface area contributed by atoms with Crippen LogP contribution < -0.4 is 16.6 Å². The minimum atomic E-state index is -0.242. The first kappa shape index (κ1) is 22.4. The van der Waals surface area contributed by atoms with Gasteiger partial charge in [-0.25, -0.2) is 9.97 Å². The van der Waals surface area contributed by atoms with Crippen LogP contribution >= 0.6 is 0 Å². The van der Waals surface area contributed by atoms with Crippen LogP contribution in [0.4, 0.5) is 5.82 Å². The Morgan fingerprint density at radius 3 is 2.73 bits per heavy atom. The maximum atomic E-state index is 12.2. The quantitative estimate of drug-likeness (QED) is 0.296. The summed E-state index contributed by atoms with van der Waals surface area (Å²) in [5.41, 5.74) is 9.10. The molecule has 1 aliphatic carbocycles. The zero-order valence-corrected chi connectivity index (χ0v) is 18.6. The van der Waals surface area contributed by atoms with E-state index in [1.165, 1.54) is 31.2 Å². The standard InChI is InChI=1S/C25H28N6O2/c1-28-13-17-4-6-18(7-5-17)20(26)12-22(32)24-25(27)29-14-21(30-24)19-8-9-23(33)31(15-19)11-10-16-2-3-16/h4-9,12,14-16,26,28,32H,2-3,10-11,13H2,1H3,(H2,27,29)/b22-12-,26-20?. The molecule has 0 atom stereocenters. The molecule has 1 aliphatic rings. The van der Waals surface area contributed by atoms with Crippen LogP contribution in [0.1, 0.15) is 36.1 Å². The van der Waals surface area contributed by atoms with Crippen LogP contribution in [0.5, 0.6) is 0 Å². The van der Waals surface area contributed by atoms with E-state index in [0.29, 0.717) is 23.4 Å². The molecule has 5 N–H and O–H groups in total. The lowest BCUT2D eigenvalue weighted by molar-refractivity contribution is 0.509. The van der Waals surface area contributed by atoms with Gasteiger partial charge in [0.2, 0.25) is 0 Å². The lowest BCUT2D eigenvalue weighted by Crippen LogP contribution is -2.19. The number of nitrogens with zero attached hydrogens (tertiary/aromatic N) is 3. The predicted octanol–water partition coefficient (Wildman–Crippen LogP) is 3.37. The molecule has 8 heteroatoms. The van der Waals surface area contributed by atoms with Crippen molar-refractivity contribution in [2.75, 3.05) is 12.8 Å². The third kappa shape index (κ3) is 5.53. The Labute approximate surface area is 192 Å². The fourth-order valence-electron chi connectivity index (χ4n) is 3.61. The summed E-state index contributed by atoms with van der Waals surface area (Å²) < 4.78 is 1.69. The average Bonchev–Trinajstić information content (AvgIpc) is 3.64. The summed E-state index contributed by atoms with van der Waals surface area (Å²) in [5.74, 6) is 0.542. The zero-order chi connectivity index (χ0) is 23.4. The number of benzene rings is 1. The first-order chi connectivity index (χ1) is 15.9. The van der Waals surface area contributed by atoms with Gasteiger partial charge in [0.15, 0.2) is 5.82 Å². The van der Waals surface area contributed by atoms with E-state index >= 15 is 0 Å². The third-order valence-electron chi connectivity index (χ3n) is 5.72. The van der Waals surface area contributed by atoms with Crippen LogP contribution in [0.25, 0.3) is 17.0 Å². The number of aromatic nitrogens is 3. The number of aliphatic hydroxyl groups is 1. The second-order valence-electron chi connectivity index (χ2n) is 8.34. The number of nitrogen functional groups attached to an aromatic ring is 1. The van der Waals surface area contributed by atoms with E-state index in [4.69, 9.17) is 11.1 Å². The minimum Gasteiger partial charge on any atom is -0.505 e. The smallest absolute Gasteiger partial charge is 0.250 e. The molecule has 0 radical (unpaired) electrons. The number of nitrogens with one attached hydrogen (secondary N) is 2. The molecular weight excluding hydrogens is 416 g/mol. The molecule has 0 spiro atoms. The number of nitrogens with two attached hydrogens (primary N) is 1. The van der Waals surface area contributed by atoms with Crippen molar-refractivity contribution in [3.63, 3.8) is 0 Å². The second kappa shape index (κ2) is 9.79. The van der Waals surface area contributed by atoms with Crippen molar-refractivity contribution in [1.82, 2.24) is 19.9 Å². The monoisotopic (exact) mass is 444 g/mol. The SMILES string of the molecule is CNCc1ccc(C(=N)/C=C(\O)c2nc(-c3ccc(=O)n(CCC4CC4)c3)cnc2N)cc1. The van der Waals surface area contributed by atoms with Gasteiger partial charge in [-0.1, -0.05) is 37.1 Å². The topological polar surface area (TPSA) is 130 Å². The molecule has 1 saturated carbocycles. The van der Waals surface area contributed by atoms with Crippen molar-refractivity contribution in [3.8, 4) is 11.3 Å². The van der Waals surface area contributed by atoms with Gasteiger partial charge in [-0.3, -0.25) is 4.79 Å². The van der Waals surface area contributed by atoms with E-state index in [1.807, 2.05) is 31.3 Å². The molecule has 3 aromatic rings. The fourth-order valence-corrected chi connectivity index (χ4v) is 3.61. The van der Waals surface area contributed by atoms with Gasteiger partial charge < -0.3 is 26.1 Å². The van der Waals surface area contributed by atoms with Crippen LogP contribution in [0.15, 0.2) is 59.7 Å². The van der Waals surface area contributed by atoms with Crippen LogP contribution in [-0.2, 0) is 13.1 Å². The van der Waals surface area contributed by atoms with E-state index in [9.17, 15) is 9.90 Å². The van der Waals surface area contributed by atoms with E-state index in [2.05, 4.69) is 15.3 Å². The third-order valence-corrected chi connectivity index (χ3v) is 5.72. The summed E-state index contributed by atoms with van der Waals surface area (Å²) in [4.78, 5) is 20.9. The molecule has 2 aromatic heterocycles. The first-order valence-corrected chi connectivity index (χ1v) is 11.0. The lowest BCUT2D eigenvalue weighted by atomic mass is 10.1. The lowest BCUT2D eigenvalue weighted by Gasteiger charge is -2.10. The van der Waals surface area contributed by atoms with Crippen molar-refractivity contribution < 1.29 is 5.11 Å². The van der Waals surface area contributed by atoms with Crippen molar-refractivity contribution in [2.45, 2.75) is 32.4 Å². The number of aryl methyl sites for hydroxylation is 1. The highest BCUT2D eigenvalue weighted by molar-refractivity contribution is 6.09. The summed E-state index contributed by atoms with van der Waals surface area (Å²) in [6, 6.07) is 10.7. The number of hydrogen-bond acceptors (Lipinski definition) is 7. The largest absolute Gasteiger partial charge is 0.505 e. The highest BCUT2D eigenvalue weighted by atomic mass is 16.3. The molecule has 0 amide bonds. The average molecular weight is 445 g/mol. The number of pyridine rings is 1. The van der Waals surface area contributed by atoms with Gasteiger partial charge in [0.1, 0.15) is 11.5 Å². The van der Waals surface area contributed by atoms with Crippen LogP contribution in [0.2, 0.25) is 0 Å². The highest BCUT2D eigenvalue weighted by Gasteiger charge is 2.21. The molecule has 1 aromatic carbocycles. The van der Waals surface area contributed by atoms with Crippen LogP contribution in [-0.4, -0.2) is 32.4 Å². The molecule has 8 nitrogen and oxygen atoms in total. The molecule has 1 fully saturated rings. The van der Waals surface area contributed by atoms with Crippen LogP contribution in [0.3, 0.4) is 0 Å².